The van der Waals surface area contributed by atoms with Gasteiger partial charge in [-0.05, 0) is 43.0 Å². The van der Waals surface area contributed by atoms with Crippen molar-refractivity contribution in [3.05, 3.63) is 42.2 Å². The fourth-order valence-electron chi connectivity index (χ4n) is 2.91. The van der Waals surface area contributed by atoms with Crippen LogP contribution in [-0.2, 0) is 11.2 Å². The molecule has 128 valence electrons. The summed E-state index contributed by atoms with van der Waals surface area (Å²) in [5.74, 6) is 1.19. The topological polar surface area (TPSA) is 66.6 Å². The van der Waals surface area contributed by atoms with Crippen LogP contribution in [-0.4, -0.2) is 40.6 Å². The number of aryl methyl sites for hydroxylation is 1. The lowest BCUT2D eigenvalue weighted by atomic mass is 9.97. The smallest absolute Gasteiger partial charge is 0.223 e. The number of benzene rings is 1. The number of rotatable bonds is 5. The second kappa shape index (κ2) is 7.57. The molecule has 1 N–H and O–H groups in total. The van der Waals surface area contributed by atoms with Crippen LogP contribution in [0.1, 0.15) is 25.2 Å². The summed E-state index contributed by atoms with van der Waals surface area (Å²) in [7, 11) is 0. The van der Waals surface area contributed by atoms with E-state index in [1.807, 2.05) is 4.90 Å². The zero-order valence-corrected chi connectivity index (χ0v) is 13.4. The van der Waals surface area contributed by atoms with Gasteiger partial charge in [-0.3, -0.25) is 4.79 Å². The molecule has 3 rings (SSSR count). The molecule has 0 atom stereocenters. The molecule has 6 heteroatoms. The Hall–Kier alpha value is -2.21. The van der Waals surface area contributed by atoms with E-state index in [9.17, 15) is 9.18 Å². The summed E-state index contributed by atoms with van der Waals surface area (Å²) in [6, 6.07) is 6.01. The Labute approximate surface area is 140 Å². The van der Waals surface area contributed by atoms with Crippen LogP contribution in [0.5, 0.6) is 0 Å². The third-order valence-electron chi connectivity index (χ3n) is 4.46. The molecule has 5 nitrogen and oxygen atoms in total. The molecule has 1 aromatic carbocycles. The minimum absolute atomic E-state index is 0.0907. The number of likely N-dealkylation sites (tertiary alicyclic amines) is 1. The molecule has 1 amide bonds. The first-order valence-electron chi connectivity index (χ1n) is 8.25. The molecule has 0 saturated carbocycles. The van der Waals surface area contributed by atoms with Crippen LogP contribution < -0.4 is 0 Å². The zero-order valence-electron chi connectivity index (χ0n) is 13.4. The number of aliphatic hydroxyl groups is 1. The van der Waals surface area contributed by atoms with Crippen molar-refractivity contribution in [3.8, 4) is 11.3 Å². The van der Waals surface area contributed by atoms with Crippen molar-refractivity contribution in [2.45, 2.75) is 25.7 Å². The van der Waals surface area contributed by atoms with Gasteiger partial charge in [0.15, 0.2) is 11.7 Å². The Kier molecular flexibility index (Phi) is 5.25. The lowest BCUT2D eigenvalue weighted by molar-refractivity contribution is -0.132. The van der Waals surface area contributed by atoms with Crippen LogP contribution in [0.3, 0.4) is 0 Å². The van der Waals surface area contributed by atoms with Gasteiger partial charge < -0.3 is 14.4 Å². The van der Waals surface area contributed by atoms with E-state index in [2.05, 4.69) is 4.98 Å². The van der Waals surface area contributed by atoms with E-state index < -0.39 is 0 Å². The number of hydrogen-bond donors (Lipinski definition) is 1. The van der Waals surface area contributed by atoms with Gasteiger partial charge in [0, 0.05) is 38.1 Å². The van der Waals surface area contributed by atoms with E-state index in [-0.39, 0.29) is 18.3 Å². The Morgan fingerprint density at radius 2 is 2.00 bits per heavy atom. The van der Waals surface area contributed by atoms with E-state index >= 15 is 0 Å². The standard InChI is InChI=1S/C18H21FN2O3/c19-15-3-1-14(2-4-15)16-11-20-17(24-16)5-6-18(23)21-9-7-13(12-22)8-10-21/h1-4,11,13,22H,5-10,12H2. The number of carbonyl (C=O) groups excluding carboxylic acids is 1. The van der Waals surface area contributed by atoms with Crippen LogP contribution in [0.15, 0.2) is 34.9 Å². The summed E-state index contributed by atoms with van der Waals surface area (Å²) in [5, 5.41) is 9.13. The van der Waals surface area contributed by atoms with Crippen molar-refractivity contribution in [1.82, 2.24) is 9.88 Å². The number of halogens is 1. The fraction of sp³-hybridized carbons (Fsp3) is 0.444. The Balaban J connectivity index is 1.52. The molecule has 1 fully saturated rings. The molecular weight excluding hydrogens is 311 g/mol. The molecule has 24 heavy (non-hydrogen) atoms. The summed E-state index contributed by atoms with van der Waals surface area (Å²) in [5.41, 5.74) is 0.757. The first-order chi connectivity index (χ1) is 11.7. The number of aromatic nitrogens is 1. The van der Waals surface area contributed by atoms with Crippen LogP contribution in [0.4, 0.5) is 4.39 Å². The SMILES string of the molecule is O=C(CCc1ncc(-c2ccc(F)cc2)o1)N1CCC(CO)CC1. The zero-order chi connectivity index (χ0) is 16.9. The average molecular weight is 332 g/mol. The van der Waals surface area contributed by atoms with E-state index in [1.165, 1.54) is 12.1 Å². The average Bonchev–Trinajstić information content (AvgIpc) is 3.09. The Morgan fingerprint density at radius 1 is 1.29 bits per heavy atom. The van der Waals surface area contributed by atoms with E-state index in [4.69, 9.17) is 9.52 Å². The minimum atomic E-state index is -0.297. The molecule has 2 aromatic rings. The molecule has 1 aliphatic rings. The maximum Gasteiger partial charge on any atom is 0.223 e. The van der Waals surface area contributed by atoms with Crippen molar-refractivity contribution >= 4 is 5.91 Å². The number of aliphatic hydroxyl groups excluding tert-OH is 1. The van der Waals surface area contributed by atoms with Gasteiger partial charge in [0.1, 0.15) is 5.82 Å². The molecule has 1 saturated heterocycles. The number of hydrogen-bond acceptors (Lipinski definition) is 4. The van der Waals surface area contributed by atoms with Gasteiger partial charge >= 0.3 is 0 Å². The van der Waals surface area contributed by atoms with Gasteiger partial charge in [-0.15, -0.1) is 0 Å². The van der Waals surface area contributed by atoms with Crippen molar-refractivity contribution < 1.29 is 18.7 Å². The van der Waals surface area contributed by atoms with Gasteiger partial charge in [0.05, 0.1) is 6.20 Å². The van der Waals surface area contributed by atoms with E-state index in [0.29, 0.717) is 43.5 Å². The molecule has 0 spiro atoms. The maximum absolute atomic E-state index is 12.9. The highest BCUT2D eigenvalue weighted by Crippen LogP contribution is 2.22. The maximum atomic E-state index is 12.9. The van der Waals surface area contributed by atoms with E-state index in [1.54, 1.807) is 18.3 Å². The molecule has 1 aliphatic heterocycles. The first-order valence-corrected chi connectivity index (χ1v) is 8.25. The summed E-state index contributed by atoms with van der Waals surface area (Å²) in [4.78, 5) is 18.3. The normalized spacial score (nSPS) is 15.7. The quantitative estimate of drug-likeness (QED) is 0.914. The second-order valence-corrected chi connectivity index (χ2v) is 6.13. The van der Waals surface area contributed by atoms with Crippen molar-refractivity contribution in [3.63, 3.8) is 0 Å². The van der Waals surface area contributed by atoms with Crippen molar-refractivity contribution in [2.75, 3.05) is 19.7 Å². The van der Waals surface area contributed by atoms with Crippen molar-refractivity contribution in [1.29, 1.82) is 0 Å². The molecule has 0 aliphatic carbocycles. The Morgan fingerprint density at radius 3 is 2.67 bits per heavy atom. The predicted molar refractivity (Wildman–Crippen MR) is 86.6 cm³/mol. The monoisotopic (exact) mass is 332 g/mol. The highest BCUT2D eigenvalue weighted by Gasteiger charge is 2.22. The lowest BCUT2D eigenvalue weighted by Gasteiger charge is -2.31. The number of carbonyl (C=O) groups is 1. The number of oxazole rings is 1. The number of piperidine rings is 1. The highest BCUT2D eigenvalue weighted by atomic mass is 19.1. The summed E-state index contributed by atoms with van der Waals surface area (Å²) in [6.45, 7) is 1.61. The molecule has 0 unspecified atom stereocenters. The van der Waals surface area contributed by atoms with Crippen LogP contribution in [0, 0.1) is 11.7 Å². The van der Waals surface area contributed by atoms with Gasteiger partial charge in [-0.1, -0.05) is 0 Å². The van der Waals surface area contributed by atoms with E-state index in [0.717, 1.165) is 18.4 Å². The van der Waals surface area contributed by atoms with Gasteiger partial charge in [-0.25, -0.2) is 9.37 Å². The number of amides is 1. The largest absolute Gasteiger partial charge is 0.441 e. The van der Waals surface area contributed by atoms with Gasteiger partial charge in [-0.2, -0.15) is 0 Å². The molecule has 0 radical (unpaired) electrons. The fourth-order valence-corrected chi connectivity index (χ4v) is 2.91. The lowest BCUT2D eigenvalue weighted by Crippen LogP contribution is -2.39. The van der Waals surface area contributed by atoms with Gasteiger partial charge in [0.2, 0.25) is 5.91 Å². The van der Waals surface area contributed by atoms with Crippen LogP contribution in [0.25, 0.3) is 11.3 Å². The molecular formula is C18H21FN2O3. The molecule has 0 bridgehead atoms. The molecule has 1 aromatic heterocycles. The molecule has 2 heterocycles. The summed E-state index contributed by atoms with van der Waals surface area (Å²) in [6.07, 6.45) is 4.11. The highest BCUT2D eigenvalue weighted by molar-refractivity contribution is 5.76. The van der Waals surface area contributed by atoms with Crippen LogP contribution >= 0.6 is 0 Å². The second-order valence-electron chi connectivity index (χ2n) is 6.13. The summed E-state index contributed by atoms with van der Waals surface area (Å²) < 4.78 is 18.6. The summed E-state index contributed by atoms with van der Waals surface area (Å²) >= 11 is 0. The predicted octanol–water partition coefficient (Wildman–Crippen LogP) is 2.64. The third-order valence-corrected chi connectivity index (χ3v) is 4.46. The minimum Gasteiger partial charge on any atom is -0.441 e. The van der Waals surface area contributed by atoms with Gasteiger partial charge in [0.25, 0.3) is 0 Å². The third kappa shape index (κ3) is 4.00. The first kappa shape index (κ1) is 16.6. The van der Waals surface area contributed by atoms with Crippen molar-refractivity contribution in [2.24, 2.45) is 5.92 Å². The van der Waals surface area contributed by atoms with Crippen LogP contribution in [0.2, 0.25) is 0 Å². The Bertz CT molecular complexity index is 676. The number of nitrogens with zero attached hydrogens (tertiary/aromatic N) is 2.